The molecule has 0 bridgehead atoms. The van der Waals surface area contributed by atoms with E-state index in [4.69, 9.17) is 4.74 Å². The number of esters is 1. The number of unbranched alkanes of at least 4 members (excludes halogenated alkanes) is 17. The molecule has 0 N–H and O–H groups in total. The average Bonchev–Trinajstić information content (AvgIpc) is 3.01. The van der Waals surface area contributed by atoms with Crippen LogP contribution >= 0.6 is 0 Å². The van der Waals surface area contributed by atoms with E-state index >= 15 is 0 Å². The summed E-state index contributed by atoms with van der Waals surface area (Å²) in [6.45, 7) is 14.4. The molecule has 0 fully saturated rings. The monoisotopic (exact) mass is 645 g/mol. The summed E-state index contributed by atoms with van der Waals surface area (Å²) in [4.78, 5) is 12.1. The fourth-order valence-corrected chi connectivity index (χ4v) is 6.56. The van der Waals surface area contributed by atoms with Crippen LogP contribution in [0.4, 0.5) is 0 Å². The molecule has 0 aliphatic carbocycles. The van der Waals surface area contributed by atoms with Gasteiger partial charge in [-0.1, -0.05) is 187 Å². The van der Waals surface area contributed by atoms with E-state index in [0.717, 1.165) is 37.0 Å². The fraction of sp³-hybridized carbons (Fsp3) is 0.886. The van der Waals surface area contributed by atoms with Gasteiger partial charge in [-0.25, -0.2) is 0 Å². The lowest BCUT2D eigenvalue weighted by Crippen LogP contribution is -2.04. The zero-order valence-electron chi connectivity index (χ0n) is 32.5. The van der Waals surface area contributed by atoms with Gasteiger partial charge in [-0.3, -0.25) is 4.79 Å². The lowest BCUT2D eigenvalue weighted by molar-refractivity contribution is -0.142. The summed E-state index contributed by atoms with van der Waals surface area (Å²) in [6, 6.07) is 0. The molecule has 0 saturated carbocycles. The smallest absolute Gasteiger partial charge is 0.306 e. The first kappa shape index (κ1) is 45.0. The minimum absolute atomic E-state index is 0.0237. The summed E-state index contributed by atoms with van der Waals surface area (Å²) < 4.78 is 5.48. The van der Waals surface area contributed by atoms with E-state index in [-0.39, 0.29) is 5.97 Å². The van der Waals surface area contributed by atoms with E-state index in [9.17, 15) is 4.79 Å². The molecule has 0 rings (SSSR count). The van der Waals surface area contributed by atoms with Crippen molar-refractivity contribution < 1.29 is 9.53 Å². The topological polar surface area (TPSA) is 26.3 Å². The molecule has 2 unspecified atom stereocenters. The summed E-state index contributed by atoms with van der Waals surface area (Å²) in [6.07, 6.45) is 44.9. The molecule has 2 nitrogen and oxygen atoms in total. The second kappa shape index (κ2) is 35.3. The number of ether oxygens (including phenoxy) is 1. The quantitative estimate of drug-likeness (QED) is 0.0390. The molecule has 46 heavy (non-hydrogen) atoms. The van der Waals surface area contributed by atoms with Gasteiger partial charge in [0.05, 0.1) is 0 Å². The first-order valence-corrected chi connectivity index (χ1v) is 20.8. The van der Waals surface area contributed by atoms with Crippen molar-refractivity contribution in [2.75, 3.05) is 6.61 Å². The van der Waals surface area contributed by atoms with Crippen LogP contribution in [0, 0.1) is 17.8 Å². The molecule has 0 aromatic carbocycles. The first-order chi connectivity index (χ1) is 22.3. The number of hydrogen-bond donors (Lipinski definition) is 0. The van der Waals surface area contributed by atoms with Gasteiger partial charge in [0.15, 0.2) is 0 Å². The van der Waals surface area contributed by atoms with Crippen molar-refractivity contribution >= 4 is 5.97 Å². The molecule has 0 amide bonds. The van der Waals surface area contributed by atoms with Crippen LogP contribution in [-0.2, 0) is 9.53 Å². The highest BCUT2D eigenvalue weighted by atomic mass is 16.5. The second-order valence-corrected chi connectivity index (χ2v) is 15.5. The van der Waals surface area contributed by atoms with Crippen LogP contribution in [0.2, 0.25) is 0 Å². The second-order valence-electron chi connectivity index (χ2n) is 15.5. The Bertz CT molecular complexity index is 690. The number of hydrogen-bond acceptors (Lipinski definition) is 2. The largest absolute Gasteiger partial charge is 0.461 e. The molecule has 2 heteroatoms. The van der Waals surface area contributed by atoms with E-state index in [0.29, 0.717) is 13.0 Å². The molecule has 2 atom stereocenters. The number of allylic oxidation sites excluding steroid dienone is 3. The zero-order chi connectivity index (χ0) is 33.9. The third kappa shape index (κ3) is 35.8. The van der Waals surface area contributed by atoms with Gasteiger partial charge in [0.2, 0.25) is 0 Å². The summed E-state index contributed by atoms with van der Waals surface area (Å²) in [5.41, 5.74) is 1.37. The molecule has 0 aromatic heterocycles. The maximum atomic E-state index is 12.1. The summed E-state index contributed by atoms with van der Waals surface area (Å²) >= 11 is 0. The maximum Gasteiger partial charge on any atom is 0.306 e. The Hall–Kier alpha value is -1.05. The van der Waals surface area contributed by atoms with Crippen LogP contribution in [0.25, 0.3) is 0 Å². The minimum Gasteiger partial charge on any atom is -0.461 e. The molecule has 0 heterocycles. The molecule has 0 saturated heterocycles. The lowest BCUT2D eigenvalue weighted by Gasteiger charge is -2.15. The SMILES string of the molecule is CCCCCCCCC=CCCCCCCCCCCCCCC(=O)OCC=C(C)CCCC(C)CCCC(C)CCCC(C)C. The van der Waals surface area contributed by atoms with Crippen LogP contribution in [0.3, 0.4) is 0 Å². The van der Waals surface area contributed by atoms with Gasteiger partial charge in [0.1, 0.15) is 6.61 Å². The third-order valence-corrected chi connectivity index (χ3v) is 9.96. The molecule has 0 spiro atoms. The standard InChI is InChI=1S/C44H84O2/c1-7-8-9-10-11-12-13-14-15-16-17-18-19-20-21-22-23-24-25-26-27-37-44(45)46-39-38-43(6)36-30-35-42(5)34-29-33-41(4)32-28-31-40(2)3/h14-15,38,40-42H,7-13,16-37,39H2,1-6H3. The van der Waals surface area contributed by atoms with Crippen molar-refractivity contribution in [3.63, 3.8) is 0 Å². The van der Waals surface area contributed by atoms with E-state index in [1.165, 1.54) is 166 Å². The Kier molecular flexibility index (Phi) is 34.5. The molecular formula is C44H84O2. The van der Waals surface area contributed by atoms with Crippen molar-refractivity contribution in [3.8, 4) is 0 Å². The minimum atomic E-state index is -0.0237. The van der Waals surface area contributed by atoms with Crippen LogP contribution in [0.15, 0.2) is 23.8 Å². The van der Waals surface area contributed by atoms with E-state index < -0.39 is 0 Å². The predicted molar refractivity (Wildman–Crippen MR) is 207 cm³/mol. The van der Waals surface area contributed by atoms with E-state index in [1.807, 2.05) is 0 Å². The van der Waals surface area contributed by atoms with E-state index in [1.54, 1.807) is 0 Å². The highest BCUT2D eigenvalue weighted by Crippen LogP contribution is 2.22. The van der Waals surface area contributed by atoms with E-state index in [2.05, 4.69) is 59.8 Å². The average molecular weight is 645 g/mol. The molecule has 0 aromatic rings. The Labute approximate surface area is 290 Å². The Morgan fingerprint density at radius 2 is 0.957 bits per heavy atom. The van der Waals surface area contributed by atoms with Crippen molar-refractivity contribution in [3.05, 3.63) is 23.8 Å². The number of carbonyl (C=O) groups excluding carboxylic acids is 1. The molecule has 0 radical (unpaired) electrons. The van der Waals surface area contributed by atoms with Crippen LogP contribution in [0.1, 0.15) is 228 Å². The summed E-state index contributed by atoms with van der Waals surface area (Å²) in [5.74, 6) is 2.53. The number of carbonyl (C=O) groups is 1. The van der Waals surface area contributed by atoms with Gasteiger partial charge in [0, 0.05) is 6.42 Å². The summed E-state index contributed by atoms with van der Waals surface area (Å²) in [7, 11) is 0. The fourth-order valence-electron chi connectivity index (χ4n) is 6.56. The molecule has 0 aliphatic heterocycles. The predicted octanol–water partition coefficient (Wildman–Crippen LogP) is 15.3. The zero-order valence-corrected chi connectivity index (χ0v) is 32.5. The first-order valence-electron chi connectivity index (χ1n) is 20.8. The van der Waals surface area contributed by atoms with Crippen molar-refractivity contribution in [1.29, 1.82) is 0 Å². The Morgan fingerprint density at radius 1 is 0.522 bits per heavy atom. The van der Waals surface area contributed by atoms with Gasteiger partial charge >= 0.3 is 5.97 Å². The highest BCUT2D eigenvalue weighted by Gasteiger charge is 2.07. The molecule has 272 valence electrons. The van der Waals surface area contributed by atoms with Gasteiger partial charge < -0.3 is 4.74 Å². The van der Waals surface area contributed by atoms with Crippen molar-refractivity contribution in [1.82, 2.24) is 0 Å². The van der Waals surface area contributed by atoms with Crippen molar-refractivity contribution in [2.24, 2.45) is 17.8 Å². The normalized spacial score (nSPS) is 13.6. The van der Waals surface area contributed by atoms with Gasteiger partial charge in [-0.2, -0.15) is 0 Å². The van der Waals surface area contributed by atoms with Crippen LogP contribution in [0.5, 0.6) is 0 Å². The van der Waals surface area contributed by atoms with Crippen LogP contribution < -0.4 is 0 Å². The molecular weight excluding hydrogens is 560 g/mol. The third-order valence-electron chi connectivity index (χ3n) is 9.96. The lowest BCUT2D eigenvalue weighted by atomic mass is 9.91. The van der Waals surface area contributed by atoms with Gasteiger partial charge in [-0.05, 0) is 75.7 Å². The maximum absolute atomic E-state index is 12.1. The highest BCUT2D eigenvalue weighted by molar-refractivity contribution is 5.69. The van der Waals surface area contributed by atoms with Gasteiger partial charge in [0.25, 0.3) is 0 Å². The van der Waals surface area contributed by atoms with Crippen LogP contribution in [-0.4, -0.2) is 12.6 Å². The summed E-state index contributed by atoms with van der Waals surface area (Å²) in [5, 5.41) is 0. The molecule has 0 aliphatic rings. The Balaban J connectivity index is 3.47. The number of rotatable bonds is 35. The van der Waals surface area contributed by atoms with Crippen molar-refractivity contribution in [2.45, 2.75) is 228 Å². The Morgan fingerprint density at radius 3 is 1.46 bits per heavy atom. The van der Waals surface area contributed by atoms with Gasteiger partial charge in [-0.15, -0.1) is 0 Å².